The lowest BCUT2D eigenvalue weighted by molar-refractivity contribution is 0.287. The van der Waals surface area contributed by atoms with Crippen LogP contribution in [0.3, 0.4) is 0 Å². The molecule has 0 atom stereocenters. The molecule has 2 aromatic rings. The van der Waals surface area contributed by atoms with Gasteiger partial charge in [-0.25, -0.2) is 12.7 Å². The predicted octanol–water partition coefficient (Wildman–Crippen LogP) is 2.33. The van der Waals surface area contributed by atoms with Crippen LogP contribution in [0.15, 0.2) is 42.7 Å². The fraction of sp³-hybridized carbons (Fsp3) is 0.312. The van der Waals surface area contributed by atoms with E-state index in [1.54, 1.807) is 0 Å². The van der Waals surface area contributed by atoms with Crippen LogP contribution < -0.4 is 4.74 Å². The van der Waals surface area contributed by atoms with Gasteiger partial charge < -0.3 is 4.74 Å². The molecule has 6 heteroatoms. The van der Waals surface area contributed by atoms with E-state index in [1.807, 2.05) is 43.6 Å². The molecular formula is C16H20N2O3S. The van der Waals surface area contributed by atoms with Crippen molar-refractivity contribution in [1.29, 1.82) is 0 Å². The van der Waals surface area contributed by atoms with E-state index < -0.39 is 10.0 Å². The molecule has 0 spiro atoms. The third kappa shape index (κ3) is 4.54. The number of hydrogen-bond donors (Lipinski definition) is 0. The largest absolute Gasteiger partial charge is 0.492 e. The highest BCUT2D eigenvalue weighted by Crippen LogP contribution is 2.22. The number of aryl methyl sites for hydroxylation is 1. The summed E-state index contributed by atoms with van der Waals surface area (Å²) in [7, 11) is -1.62. The predicted molar refractivity (Wildman–Crippen MR) is 87.4 cm³/mol. The fourth-order valence-electron chi connectivity index (χ4n) is 1.91. The van der Waals surface area contributed by atoms with Gasteiger partial charge in [0.1, 0.15) is 12.4 Å². The summed E-state index contributed by atoms with van der Waals surface area (Å²) in [6.45, 7) is 2.64. The van der Waals surface area contributed by atoms with Crippen LogP contribution in [-0.2, 0) is 10.0 Å². The quantitative estimate of drug-likeness (QED) is 0.819. The SMILES string of the molecule is Cc1cncc(-c2ccc(OCCN(C)S(C)(=O)=O)cc2)c1. The van der Waals surface area contributed by atoms with Gasteiger partial charge in [0.15, 0.2) is 0 Å². The van der Waals surface area contributed by atoms with Crippen LogP contribution in [0.5, 0.6) is 5.75 Å². The van der Waals surface area contributed by atoms with Crippen molar-refractivity contribution < 1.29 is 13.2 Å². The molecule has 118 valence electrons. The molecule has 2 rings (SSSR count). The lowest BCUT2D eigenvalue weighted by Crippen LogP contribution is -2.29. The maximum atomic E-state index is 11.3. The lowest BCUT2D eigenvalue weighted by atomic mass is 10.1. The van der Waals surface area contributed by atoms with Crippen molar-refractivity contribution in [1.82, 2.24) is 9.29 Å². The maximum Gasteiger partial charge on any atom is 0.211 e. The molecule has 22 heavy (non-hydrogen) atoms. The average molecular weight is 320 g/mol. The van der Waals surface area contributed by atoms with Gasteiger partial charge >= 0.3 is 0 Å². The van der Waals surface area contributed by atoms with E-state index in [4.69, 9.17) is 4.74 Å². The van der Waals surface area contributed by atoms with Gasteiger partial charge in [0.2, 0.25) is 10.0 Å². The van der Waals surface area contributed by atoms with Gasteiger partial charge in [-0.1, -0.05) is 12.1 Å². The monoisotopic (exact) mass is 320 g/mol. The summed E-state index contributed by atoms with van der Waals surface area (Å²) >= 11 is 0. The smallest absolute Gasteiger partial charge is 0.211 e. The molecule has 0 aliphatic carbocycles. The van der Waals surface area contributed by atoms with Crippen LogP contribution in [0.4, 0.5) is 0 Å². The van der Waals surface area contributed by atoms with Gasteiger partial charge in [-0.15, -0.1) is 0 Å². The summed E-state index contributed by atoms with van der Waals surface area (Å²) < 4.78 is 29.4. The molecule has 1 heterocycles. The van der Waals surface area contributed by atoms with Gasteiger partial charge in [0.25, 0.3) is 0 Å². The summed E-state index contributed by atoms with van der Waals surface area (Å²) in [5.74, 6) is 0.714. The first-order valence-electron chi connectivity index (χ1n) is 6.92. The van der Waals surface area contributed by atoms with E-state index in [1.165, 1.54) is 17.6 Å². The van der Waals surface area contributed by atoms with E-state index in [2.05, 4.69) is 11.1 Å². The molecule has 0 N–H and O–H groups in total. The van der Waals surface area contributed by atoms with Crippen LogP contribution in [0.2, 0.25) is 0 Å². The highest BCUT2D eigenvalue weighted by molar-refractivity contribution is 7.88. The van der Waals surface area contributed by atoms with E-state index in [-0.39, 0.29) is 0 Å². The summed E-state index contributed by atoms with van der Waals surface area (Å²) in [6, 6.07) is 9.75. The summed E-state index contributed by atoms with van der Waals surface area (Å²) in [5.41, 5.74) is 3.24. The number of rotatable bonds is 6. The molecule has 1 aromatic heterocycles. The third-order valence-corrected chi connectivity index (χ3v) is 4.62. The topological polar surface area (TPSA) is 59.5 Å². The highest BCUT2D eigenvalue weighted by Gasteiger charge is 2.10. The Labute approximate surface area is 131 Å². The minimum absolute atomic E-state index is 0.314. The van der Waals surface area contributed by atoms with Crippen LogP contribution in [-0.4, -0.2) is 44.2 Å². The lowest BCUT2D eigenvalue weighted by Gasteiger charge is -2.14. The molecule has 0 amide bonds. The molecule has 0 bridgehead atoms. The average Bonchev–Trinajstić information content (AvgIpc) is 2.47. The van der Waals surface area contributed by atoms with Crippen molar-refractivity contribution >= 4 is 10.0 Å². The first-order valence-corrected chi connectivity index (χ1v) is 8.77. The summed E-state index contributed by atoms with van der Waals surface area (Å²) in [4.78, 5) is 4.18. The van der Waals surface area contributed by atoms with Crippen LogP contribution >= 0.6 is 0 Å². The van der Waals surface area contributed by atoms with Crippen molar-refractivity contribution in [2.45, 2.75) is 6.92 Å². The number of ether oxygens (including phenoxy) is 1. The number of likely N-dealkylation sites (N-methyl/N-ethyl adjacent to an activating group) is 1. The molecule has 0 aliphatic rings. The van der Waals surface area contributed by atoms with E-state index >= 15 is 0 Å². The minimum Gasteiger partial charge on any atom is -0.492 e. The Kier molecular flexibility index (Phi) is 5.15. The zero-order valence-corrected chi connectivity index (χ0v) is 13.8. The number of pyridine rings is 1. The Morgan fingerprint density at radius 3 is 2.41 bits per heavy atom. The van der Waals surface area contributed by atoms with Gasteiger partial charge in [-0.05, 0) is 36.2 Å². The maximum absolute atomic E-state index is 11.3. The van der Waals surface area contributed by atoms with Crippen molar-refractivity contribution in [2.75, 3.05) is 26.5 Å². The number of sulfonamides is 1. The van der Waals surface area contributed by atoms with Crippen molar-refractivity contribution in [3.63, 3.8) is 0 Å². The van der Waals surface area contributed by atoms with E-state index in [9.17, 15) is 8.42 Å². The molecule has 0 saturated carbocycles. The normalized spacial score (nSPS) is 11.6. The zero-order chi connectivity index (χ0) is 16.2. The van der Waals surface area contributed by atoms with Gasteiger partial charge in [-0.2, -0.15) is 0 Å². The van der Waals surface area contributed by atoms with Crippen LogP contribution in [0, 0.1) is 6.92 Å². The van der Waals surface area contributed by atoms with Crippen molar-refractivity contribution in [3.8, 4) is 16.9 Å². The van der Waals surface area contributed by atoms with Gasteiger partial charge in [0, 0.05) is 31.5 Å². The number of aromatic nitrogens is 1. The van der Waals surface area contributed by atoms with E-state index in [0.29, 0.717) is 18.9 Å². The van der Waals surface area contributed by atoms with Crippen LogP contribution in [0.1, 0.15) is 5.56 Å². The molecule has 1 aromatic carbocycles. The number of benzene rings is 1. The molecule has 0 saturated heterocycles. The Bertz CT molecular complexity index is 727. The minimum atomic E-state index is -3.16. The molecule has 0 unspecified atom stereocenters. The standard InChI is InChI=1S/C16H20N2O3S/c1-13-10-15(12-17-11-13)14-4-6-16(7-5-14)21-9-8-18(2)22(3,19)20/h4-7,10-12H,8-9H2,1-3H3. The van der Waals surface area contributed by atoms with Crippen molar-refractivity contribution in [2.24, 2.45) is 0 Å². The zero-order valence-electron chi connectivity index (χ0n) is 13.0. The second-order valence-electron chi connectivity index (χ2n) is 5.21. The van der Waals surface area contributed by atoms with Crippen molar-refractivity contribution in [3.05, 3.63) is 48.3 Å². The van der Waals surface area contributed by atoms with E-state index in [0.717, 1.165) is 16.7 Å². The molecule has 0 radical (unpaired) electrons. The summed E-state index contributed by atoms with van der Waals surface area (Å²) in [5, 5.41) is 0. The number of nitrogens with zero attached hydrogens (tertiary/aromatic N) is 2. The summed E-state index contributed by atoms with van der Waals surface area (Å²) in [6.07, 6.45) is 4.82. The molecule has 0 fully saturated rings. The van der Waals surface area contributed by atoms with Gasteiger partial charge in [0.05, 0.1) is 6.26 Å². The Morgan fingerprint density at radius 2 is 1.82 bits per heavy atom. The second-order valence-corrected chi connectivity index (χ2v) is 7.30. The van der Waals surface area contributed by atoms with Crippen LogP contribution in [0.25, 0.3) is 11.1 Å². The molecule has 0 aliphatic heterocycles. The Morgan fingerprint density at radius 1 is 1.14 bits per heavy atom. The fourth-order valence-corrected chi connectivity index (χ4v) is 2.32. The first-order chi connectivity index (χ1) is 10.4. The first kappa shape index (κ1) is 16.5. The molecular weight excluding hydrogens is 300 g/mol. The second kappa shape index (κ2) is 6.89. The third-order valence-electron chi connectivity index (χ3n) is 3.30. The Hall–Kier alpha value is -1.92. The van der Waals surface area contributed by atoms with Gasteiger partial charge in [-0.3, -0.25) is 4.98 Å². The molecule has 5 nitrogen and oxygen atoms in total. The highest BCUT2D eigenvalue weighted by atomic mass is 32.2. The Balaban J connectivity index is 1.95. The number of hydrogen-bond acceptors (Lipinski definition) is 4.